The fraction of sp³-hybridized carbons (Fsp3) is 0.100. The Kier molecular flexibility index (Phi) is 4.35. The fourth-order valence-corrected chi connectivity index (χ4v) is 3.92. The van der Waals surface area contributed by atoms with Crippen LogP contribution in [-0.4, -0.2) is 10.5 Å². The van der Waals surface area contributed by atoms with Gasteiger partial charge in [0.2, 0.25) is 0 Å². The van der Waals surface area contributed by atoms with Crippen LogP contribution in [0.3, 0.4) is 0 Å². The molecule has 0 bridgehead atoms. The van der Waals surface area contributed by atoms with E-state index >= 15 is 0 Å². The Morgan fingerprint density at radius 3 is 2.57 bits per heavy atom. The van der Waals surface area contributed by atoms with Gasteiger partial charge in [0.05, 0.1) is 10.4 Å². The molecule has 0 saturated carbocycles. The largest absolute Gasteiger partial charge is 0.419 e. The molecule has 0 radical (unpaired) electrons. The van der Waals surface area contributed by atoms with E-state index in [1.165, 1.54) is 22.0 Å². The lowest BCUT2D eigenvalue weighted by Crippen LogP contribution is -2.12. The summed E-state index contributed by atoms with van der Waals surface area (Å²) in [6.45, 7) is 1.87. The van der Waals surface area contributed by atoms with Gasteiger partial charge in [-0.1, -0.05) is 6.07 Å². The molecule has 5 nitrogen and oxygen atoms in total. The molecule has 28 heavy (non-hydrogen) atoms. The molecule has 0 fully saturated rings. The first kappa shape index (κ1) is 18.1. The number of carbonyl (C=O) groups is 1. The SMILES string of the molecule is Cc1cc2oc(=O)n(C)c2cc1-c1ccc(C(=O)Nc2c(F)cccc2F)s1. The molecule has 8 heteroatoms. The molecule has 4 aromatic rings. The summed E-state index contributed by atoms with van der Waals surface area (Å²) in [6.07, 6.45) is 0. The maximum absolute atomic E-state index is 13.7. The highest BCUT2D eigenvalue weighted by atomic mass is 32.1. The fourth-order valence-electron chi connectivity index (χ4n) is 2.94. The van der Waals surface area contributed by atoms with Crippen molar-refractivity contribution in [2.75, 3.05) is 5.32 Å². The van der Waals surface area contributed by atoms with Crippen molar-refractivity contribution in [2.24, 2.45) is 7.05 Å². The van der Waals surface area contributed by atoms with E-state index in [9.17, 15) is 18.4 Å². The Morgan fingerprint density at radius 1 is 1.14 bits per heavy atom. The minimum absolute atomic E-state index is 0.304. The predicted octanol–water partition coefficient (Wildman–Crippen LogP) is 4.70. The lowest BCUT2D eigenvalue weighted by Gasteiger charge is -2.06. The third-order valence-corrected chi connectivity index (χ3v) is 5.55. The molecule has 0 spiro atoms. The van der Waals surface area contributed by atoms with Crippen LogP contribution in [0.4, 0.5) is 14.5 Å². The molecule has 2 aromatic carbocycles. The number of nitrogens with one attached hydrogen (secondary N) is 1. The summed E-state index contributed by atoms with van der Waals surface area (Å²) in [5.74, 6) is -2.74. The summed E-state index contributed by atoms with van der Waals surface area (Å²) >= 11 is 1.19. The van der Waals surface area contributed by atoms with Crippen molar-refractivity contribution in [1.82, 2.24) is 4.57 Å². The number of fused-ring (bicyclic) bond motifs is 1. The first-order valence-corrected chi connectivity index (χ1v) is 9.12. The lowest BCUT2D eigenvalue weighted by atomic mass is 10.1. The standard InChI is InChI=1S/C20H14F2N2O3S/c1-10-8-15-14(24(2)20(26)27-15)9-11(10)16-6-7-17(28-16)19(25)23-18-12(21)4-3-5-13(18)22/h3-9H,1-2H3,(H,23,25). The lowest BCUT2D eigenvalue weighted by molar-refractivity contribution is 0.102. The second kappa shape index (κ2) is 6.72. The Labute approximate surface area is 161 Å². The molecule has 0 atom stereocenters. The van der Waals surface area contributed by atoms with E-state index in [-0.39, 0.29) is 0 Å². The number of thiophene rings is 1. The minimum Gasteiger partial charge on any atom is -0.408 e. The molecule has 0 aliphatic heterocycles. The van der Waals surface area contributed by atoms with Crippen LogP contribution in [0.2, 0.25) is 0 Å². The number of rotatable bonds is 3. The molecule has 0 saturated heterocycles. The molecule has 2 aromatic heterocycles. The highest BCUT2D eigenvalue weighted by Crippen LogP contribution is 2.33. The van der Waals surface area contributed by atoms with Crippen LogP contribution in [0.5, 0.6) is 0 Å². The van der Waals surface area contributed by atoms with Gasteiger partial charge >= 0.3 is 5.76 Å². The summed E-state index contributed by atoms with van der Waals surface area (Å²) in [6, 6.07) is 10.3. The third kappa shape index (κ3) is 3.01. The van der Waals surface area contributed by atoms with Crippen molar-refractivity contribution >= 4 is 34.0 Å². The molecule has 1 amide bonds. The van der Waals surface area contributed by atoms with Crippen LogP contribution in [0, 0.1) is 18.6 Å². The van der Waals surface area contributed by atoms with Crippen molar-refractivity contribution in [3.63, 3.8) is 0 Å². The predicted molar refractivity (Wildman–Crippen MR) is 104 cm³/mol. The van der Waals surface area contributed by atoms with Crippen LogP contribution in [0.25, 0.3) is 21.5 Å². The number of para-hydroxylation sites is 1. The first-order chi connectivity index (χ1) is 13.3. The van der Waals surface area contributed by atoms with Crippen LogP contribution < -0.4 is 11.1 Å². The van der Waals surface area contributed by atoms with Gasteiger partial charge in [0.15, 0.2) is 5.58 Å². The summed E-state index contributed by atoms with van der Waals surface area (Å²) < 4.78 is 34.1. The van der Waals surface area contributed by atoms with Crippen molar-refractivity contribution in [3.05, 3.63) is 75.1 Å². The molecule has 0 aliphatic carbocycles. The number of carbonyl (C=O) groups excluding carboxylic acids is 1. The zero-order valence-corrected chi connectivity index (χ0v) is 15.7. The number of hydrogen-bond donors (Lipinski definition) is 1. The number of aryl methyl sites for hydroxylation is 2. The Bertz CT molecular complexity index is 1270. The second-order valence-corrected chi connectivity index (χ2v) is 7.36. The van der Waals surface area contributed by atoms with E-state index in [1.54, 1.807) is 25.2 Å². The van der Waals surface area contributed by atoms with Gasteiger partial charge in [-0.3, -0.25) is 9.36 Å². The normalized spacial score (nSPS) is 11.1. The van der Waals surface area contributed by atoms with Crippen molar-refractivity contribution in [1.29, 1.82) is 0 Å². The summed E-state index contributed by atoms with van der Waals surface area (Å²) in [5.41, 5.74) is 2.35. The highest BCUT2D eigenvalue weighted by molar-refractivity contribution is 7.17. The zero-order valence-electron chi connectivity index (χ0n) is 14.9. The van der Waals surface area contributed by atoms with Crippen molar-refractivity contribution < 1.29 is 18.0 Å². The van der Waals surface area contributed by atoms with Gasteiger partial charge in [-0.2, -0.15) is 0 Å². The monoisotopic (exact) mass is 400 g/mol. The van der Waals surface area contributed by atoms with E-state index in [2.05, 4.69) is 5.32 Å². The third-order valence-electron chi connectivity index (χ3n) is 4.43. The van der Waals surface area contributed by atoms with E-state index < -0.39 is 29.0 Å². The van der Waals surface area contributed by atoms with Gasteiger partial charge in [-0.05, 0) is 54.4 Å². The van der Waals surface area contributed by atoms with Gasteiger partial charge in [0.25, 0.3) is 5.91 Å². The van der Waals surface area contributed by atoms with Gasteiger partial charge < -0.3 is 9.73 Å². The smallest absolute Gasteiger partial charge is 0.408 e. The van der Waals surface area contributed by atoms with Crippen LogP contribution in [0.1, 0.15) is 15.2 Å². The number of oxazole rings is 1. The molecule has 2 heterocycles. The summed E-state index contributed by atoms with van der Waals surface area (Å²) in [5, 5.41) is 2.28. The second-order valence-electron chi connectivity index (χ2n) is 6.28. The van der Waals surface area contributed by atoms with Crippen LogP contribution in [-0.2, 0) is 7.05 Å². The summed E-state index contributed by atoms with van der Waals surface area (Å²) in [7, 11) is 1.61. The molecule has 1 N–H and O–H groups in total. The molecule has 4 rings (SSSR count). The molecular weight excluding hydrogens is 386 g/mol. The van der Waals surface area contributed by atoms with E-state index in [0.29, 0.717) is 16.0 Å². The highest BCUT2D eigenvalue weighted by Gasteiger charge is 2.17. The average Bonchev–Trinajstić information content (AvgIpc) is 3.23. The maximum Gasteiger partial charge on any atom is 0.419 e. The average molecular weight is 400 g/mol. The minimum atomic E-state index is -0.840. The van der Waals surface area contributed by atoms with Gasteiger partial charge in [-0.15, -0.1) is 11.3 Å². The van der Waals surface area contributed by atoms with Crippen molar-refractivity contribution in [2.45, 2.75) is 6.92 Å². The van der Waals surface area contributed by atoms with E-state index in [0.717, 1.165) is 28.1 Å². The topological polar surface area (TPSA) is 64.2 Å². The van der Waals surface area contributed by atoms with Gasteiger partial charge in [0.1, 0.15) is 17.3 Å². The Morgan fingerprint density at radius 2 is 1.86 bits per heavy atom. The number of aromatic nitrogens is 1. The van der Waals surface area contributed by atoms with Crippen LogP contribution in [0.15, 0.2) is 51.7 Å². The van der Waals surface area contributed by atoms with Crippen molar-refractivity contribution in [3.8, 4) is 10.4 Å². The van der Waals surface area contributed by atoms with Gasteiger partial charge in [0, 0.05) is 11.9 Å². The van der Waals surface area contributed by atoms with Crippen LogP contribution >= 0.6 is 11.3 Å². The van der Waals surface area contributed by atoms with E-state index in [1.807, 2.05) is 13.0 Å². The zero-order chi connectivity index (χ0) is 20.0. The molecule has 0 aliphatic rings. The maximum atomic E-state index is 13.7. The number of nitrogens with zero attached hydrogens (tertiary/aromatic N) is 1. The Balaban J connectivity index is 1.69. The van der Waals surface area contributed by atoms with Gasteiger partial charge in [-0.25, -0.2) is 13.6 Å². The number of anilines is 1. The summed E-state index contributed by atoms with van der Waals surface area (Å²) in [4.78, 5) is 25.2. The molecule has 0 unspecified atom stereocenters. The Hall–Kier alpha value is -3.26. The quantitative estimate of drug-likeness (QED) is 0.542. The molecule has 142 valence electrons. The molecular formula is C20H14F2N2O3S. The number of benzene rings is 2. The number of hydrogen-bond acceptors (Lipinski definition) is 4. The van der Waals surface area contributed by atoms with E-state index in [4.69, 9.17) is 4.42 Å². The number of amides is 1. The first-order valence-electron chi connectivity index (χ1n) is 8.31. The number of halogens is 2.